The lowest BCUT2D eigenvalue weighted by molar-refractivity contribution is -0.119. The second kappa shape index (κ2) is 8.97. The molecule has 1 aromatic carbocycles. The normalized spacial score (nSPS) is 14.1. The van der Waals surface area contributed by atoms with E-state index in [0.717, 1.165) is 81.4 Å². The monoisotopic (exact) mass is 504 g/mol. The summed E-state index contributed by atoms with van der Waals surface area (Å²) >= 11 is 1.72. The van der Waals surface area contributed by atoms with Crippen molar-refractivity contribution < 1.29 is 4.79 Å². The Bertz CT molecular complexity index is 1740. The van der Waals surface area contributed by atoms with Gasteiger partial charge >= 0.3 is 0 Å². The minimum atomic E-state index is 0.0957. The Morgan fingerprint density at radius 1 is 1.00 bits per heavy atom. The highest BCUT2D eigenvalue weighted by Gasteiger charge is 2.23. The number of amides is 1. The molecule has 0 atom stereocenters. The summed E-state index contributed by atoms with van der Waals surface area (Å²) < 4.78 is 0. The molecule has 0 radical (unpaired) electrons. The van der Waals surface area contributed by atoms with Gasteiger partial charge in [-0.1, -0.05) is 25.0 Å². The van der Waals surface area contributed by atoms with Crippen LogP contribution in [0.2, 0.25) is 0 Å². The van der Waals surface area contributed by atoms with Crippen LogP contribution in [0.4, 0.5) is 5.69 Å². The van der Waals surface area contributed by atoms with E-state index < -0.39 is 0 Å². The highest BCUT2D eigenvalue weighted by molar-refractivity contribution is 7.13. The number of nitrogens with zero attached hydrogens (tertiary/aromatic N) is 3. The Morgan fingerprint density at radius 2 is 1.92 bits per heavy atom. The first kappa shape index (κ1) is 21.9. The van der Waals surface area contributed by atoms with E-state index in [2.05, 4.69) is 66.2 Å². The summed E-state index contributed by atoms with van der Waals surface area (Å²) in [5, 5.41) is 15.0. The molecule has 0 aliphatic heterocycles. The highest BCUT2D eigenvalue weighted by atomic mass is 32.1. The van der Waals surface area contributed by atoms with E-state index in [1.807, 2.05) is 30.6 Å². The van der Waals surface area contributed by atoms with Gasteiger partial charge in [0.05, 0.1) is 23.1 Å². The van der Waals surface area contributed by atoms with Crippen molar-refractivity contribution in [2.75, 3.05) is 5.32 Å². The van der Waals surface area contributed by atoms with E-state index in [4.69, 9.17) is 0 Å². The molecule has 5 aromatic heterocycles. The molecule has 1 aliphatic rings. The van der Waals surface area contributed by atoms with Crippen LogP contribution in [0.1, 0.15) is 25.7 Å². The number of carbonyl (C=O) groups is 1. The van der Waals surface area contributed by atoms with Crippen LogP contribution in [0, 0.1) is 5.92 Å². The number of H-pyrrole nitrogens is 2. The number of carbonyl (C=O) groups excluding carboxylic acids is 1. The first-order valence-corrected chi connectivity index (χ1v) is 13.4. The van der Waals surface area contributed by atoms with Crippen LogP contribution in [0.5, 0.6) is 0 Å². The highest BCUT2D eigenvalue weighted by Crippen LogP contribution is 2.36. The van der Waals surface area contributed by atoms with Gasteiger partial charge in [-0.2, -0.15) is 5.10 Å². The van der Waals surface area contributed by atoms with Crippen molar-refractivity contribution in [3.05, 3.63) is 72.5 Å². The molecule has 1 fully saturated rings. The van der Waals surface area contributed by atoms with Crippen molar-refractivity contribution in [2.24, 2.45) is 5.92 Å². The van der Waals surface area contributed by atoms with Gasteiger partial charge in [-0.05, 0) is 60.2 Å². The number of hydrogen-bond donors (Lipinski definition) is 3. The summed E-state index contributed by atoms with van der Waals surface area (Å²) in [6, 6.07) is 16.5. The zero-order chi connectivity index (χ0) is 24.8. The van der Waals surface area contributed by atoms with Crippen LogP contribution in [0.25, 0.3) is 54.9 Å². The van der Waals surface area contributed by atoms with Crippen LogP contribution in [-0.2, 0) is 4.79 Å². The number of rotatable bonds is 5. The minimum absolute atomic E-state index is 0.0957. The average molecular weight is 505 g/mol. The Morgan fingerprint density at radius 3 is 2.78 bits per heavy atom. The molecule has 1 saturated carbocycles. The standard InChI is InChI=1S/C29H24N6OS/c36-29(17-4-1-2-5-17)32-20-12-19(15-30-16-20)18-7-8-24-23(13-18)27(35-34-24)25-14-22-21(26-6-3-11-37-26)9-10-31-28(22)33-25/h3,6-17H,1-2,4-5H2,(H,31,33)(H,32,36)(H,34,35). The van der Waals surface area contributed by atoms with Gasteiger partial charge < -0.3 is 10.3 Å². The van der Waals surface area contributed by atoms with Crippen LogP contribution in [-0.4, -0.2) is 31.1 Å². The smallest absolute Gasteiger partial charge is 0.227 e. The fourth-order valence-electron chi connectivity index (χ4n) is 5.30. The maximum atomic E-state index is 12.6. The van der Waals surface area contributed by atoms with Crippen molar-refractivity contribution in [2.45, 2.75) is 25.7 Å². The predicted octanol–water partition coefficient (Wildman–Crippen LogP) is 7.03. The van der Waals surface area contributed by atoms with E-state index in [0.29, 0.717) is 0 Å². The molecule has 1 amide bonds. The topological polar surface area (TPSA) is 99.3 Å². The predicted molar refractivity (Wildman–Crippen MR) is 148 cm³/mol. The second-order valence-electron chi connectivity index (χ2n) is 9.55. The number of fused-ring (bicyclic) bond motifs is 2. The Kier molecular flexibility index (Phi) is 5.32. The summed E-state index contributed by atoms with van der Waals surface area (Å²) in [5.41, 5.74) is 7.36. The number of pyridine rings is 2. The number of thiophene rings is 1. The van der Waals surface area contributed by atoms with Gasteiger partial charge in [0.25, 0.3) is 0 Å². The summed E-state index contributed by atoms with van der Waals surface area (Å²) in [7, 11) is 0. The Hall–Kier alpha value is -4.30. The van der Waals surface area contributed by atoms with Crippen molar-refractivity contribution >= 4 is 44.9 Å². The molecule has 0 spiro atoms. The first-order chi connectivity index (χ1) is 18.2. The number of hydrogen-bond acceptors (Lipinski definition) is 5. The molecule has 6 aromatic rings. The van der Waals surface area contributed by atoms with E-state index in [1.54, 1.807) is 17.5 Å². The number of aromatic nitrogens is 5. The number of nitrogens with one attached hydrogen (secondary N) is 3. The van der Waals surface area contributed by atoms with Gasteiger partial charge in [0.1, 0.15) is 11.3 Å². The Labute approximate surface area is 217 Å². The molecule has 182 valence electrons. The number of benzene rings is 1. The van der Waals surface area contributed by atoms with Gasteiger partial charge in [0.15, 0.2) is 0 Å². The van der Waals surface area contributed by atoms with E-state index in [9.17, 15) is 4.79 Å². The lowest BCUT2D eigenvalue weighted by Crippen LogP contribution is -2.20. The molecule has 5 heterocycles. The van der Waals surface area contributed by atoms with Crippen molar-refractivity contribution in [3.63, 3.8) is 0 Å². The van der Waals surface area contributed by atoms with Gasteiger partial charge in [0, 0.05) is 45.1 Å². The summed E-state index contributed by atoms with van der Waals surface area (Å²) in [5.74, 6) is 0.206. The van der Waals surface area contributed by atoms with Gasteiger partial charge in [-0.3, -0.25) is 14.9 Å². The van der Waals surface area contributed by atoms with Crippen LogP contribution >= 0.6 is 11.3 Å². The molecule has 7 nitrogen and oxygen atoms in total. The maximum Gasteiger partial charge on any atom is 0.227 e. The second-order valence-corrected chi connectivity index (χ2v) is 10.5. The molecule has 0 bridgehead atoms. The SMILES string of the molecule is O=C(Nc1cncc(-c2ccc3[nH]nc(-c4cc5c(-c6cccs6)ccnc5[nH]4)c3c2)c1)C1CCCC1. The third-order valence-corrected chi connectivity index (χ3v) is 8.10. The average Bonchev–Trinajstić information content (AvgIpc) is 3.74. The maximum absolute atomic E-state index is 12.6. The largest absolute Gasteiger partial charge is 0.338 e. The molecule has 3 N–H and O–H groups in total. The number of aromatic amines is 2. The molecular formula is C29H24N6OS. The summed E-state index contributed by atoms with van der Waals surface area (Å²) in [6.45, 7) is 0. The Balaban J connectivity index is 1.25. The molecule has 0 saturated heterocycles. The third-order valence-electron chi connectivity index (χ3n) is 7.20. The zero-order valence-corrected chi connectivity index (χ0v) is 20.8. The van der Waals surface area contributed by atoms with Gasteiger partial charge in [-0.15, -0.1) is 11.3 Å². The fraction of sp³-hybridized carbons (Fsp3) is 0.172. The van der Waals surface area contributed by atoms with Crippen molar-refractivity contribution in [1.29, 1.82) is 0 Å². The lowest BCUT2D eigenvalue weighted by atomic mass is 10.0. The van der Waals surface area contributed by atoms with Crippen LogP contribution in [0.15, 0.2) is 72.5 Å². The van der Waals surface area contributed by atoms with Crippen LogP contribution < -0.4 is 5.32 Å². The molecule has 37 heavy (non-hydrogen) atoms. The zero-order valence-electron chi connectivity index (χ0n) is 20.0. The van der Waals surface area contributed by atoms with Crippen molar-refractivity contribution in [3.8, 4) is 33.0 Å². The van der Waals surface area contributed by atoms with Crippen LogP contribution in [0.3, 0.4) is 0 Å². The molecule has 0 unspecified atom stereocenters. The van der Waals surface area contributed by atoms with Gasteiger partial charge in [0.2, 0.25) is 5.91 Å². The quantitative estimate of drug-likeness (QED) is 0.235. The molecule has 8 heteroatoms. The summed E-state index contributed by atoms with van der Waals surface area (Å²) in [6.07, 6.45) is 9.57. The van der Waals surface area contributed by atoms with Gasteiger partial charge in [-0.25, -0.2) is 4.98 Å². The number of anilines is 1. The lowest BCUT2D eigenvalue weighted by Gasteiger charge is -2.11. The molecular weight excluding hydrogens is 480 g/mol. The van der Waals surface area contributed by atoms with Crippen molar-refractivity contribution in [1.82, 2.24) is 25.1 Å². The van der Waals surface area contributed by atoms with E-state index >= 15 is 0 Å². The minimum Gasteiger partial charge on any atom is -0.338 e. The third kappa shape index (κ3) is 3.99. The summed E-state index contributed by atoms with van der Waals surface area (Å²) in [4.78, 5) is 26.2. The van der Waals surface area contributed by atoms with E-state index in [1.165, 1.54) is 4.88 Å². The fourth-order valence-corrected chi connectivity index (χ4v) is 6.06. The molecule has 7 rings (SSSR count). The first-order valence-electron chi connectivity index (χ1n) is 12.5. The molecule has 1 aliphatic carbocycles. The van der Waals surface area contributed by atoms with E-state index in [-0.39, 0.29) is 11.8 Å².